The molecule has 0 radical (unpaired) electrons. The summed E-state index contributed by atoms with van der Waals surface area (Å²) in [6.45, 7) is 1.71. The van der Waals surface area contributed by atoms with Crippen LogP contribution in [-0.2, 0) is 0 Å². The monoisotopic (exact) mass is 287 g/mol. The summed E-state index contributed by atoms with van der Waals surface area (Å²) in [5.74, 6) is -0.240. The Kier molecular flexibility index (Phi) is 4.13. The van der Waals surface area contributed by atoms with Gasteiger partial charge in [-0.3, -0.25) is 19.9 Å². The molecule has 0 bridgehead atoms. The molecule has 2 aromatic rings. The Balaban J connectivity index is 2.28. The van der Waals surface area contributed by atoms with Crippen LogP contribution in [0.5, 0.6) is 5.75 Å². The van der Waals surface area contributed by atoms with Gasteiger partial charge in [-0.1, -0.05) is 0 Å². The first-order valence-corrected chi connectivity index (χ1v) is 6.08. The van der Waals surface area contributed by atoms with E-state index in [1.807, 2.05) is 0 Å². The highest BCUT2D eigenvalue weighted by Crippen LogP contribution is 2.29. The van der Waals surface area contributed by atoms with Crippen molar-refractivity contribution in [3.8, 4) is 5.75 Å². The number of rotatable bonds is 4. The standard InChI is InChI=1S/C14H13N3O4/c1-9-11(4-3-7-15-9)14(18)16-10-5-6-13(21-2)12(8-10)17(19)20/h3-8H,1-2H3,(H,16,18). The van der Waals surface area contributed by atoms with Gasteiger partial charge in [-0.25, -0.2) is 0 Å². The molecule has 7 nitrogen and oxygen atoms in total. The van der Waals surface area contributed by atoms with E-state index >= 15 is 0 Å². The SMILES string of the molecule is COc1ccc(NC(=O)c2cccnc2C)cc1[N+](=O)[O-]. The van der Waals surface area contributed by atoms with Gasteiger partial charge in [-0.2, -0.15) is 0 Å². The van der Waals surface area contributed by atoms with Gasteiger partial charge in [-0.15, -0.1) is 0 Å². The molecule has 0 saturated carbocycles. The Morgan fingerprint density at radius 1 is 1.38 bits per heavy atom. The number of hydrogen-bond donors (Lipinski definition) is 1. The Morgan fingerprint density at radius 3 is 2.76 bits per heavy atom. The number of ether oxygens (including phenoxy) is 1. The van der Waals surface area contributed by atoms with Crippen LogP contribution in [0.25, 0.3) is 0 Å². The molecule has 0 aliphatic carbocycles. The number of anilines is 1. The molecule has 21 heavy (non-hydrogen) atoms. The molecule has 0 aliphatic rings. The van der Waals surface area contributed by atoms with Crippen molar-refractivity contribution in [2.24, 2.45) is 0 Å². The number of amides is 1. The molecule has 0 aliphatic heterocycles. The fraction of sp³-hybridized carbons (Fsp3) is 0.143. The first-order chi connectivity index (χ1) is 10.0. The maximum absolute atomic E-state index is 12.1. The van der Waals surface area contributed by atoms with Gasteiger partial charge in [0.2, 0.25) is 0 Å². The molecule has 7 heteroatoms. The van der Waals surface area contributed by atoms with Crippen LogP contribution < -0.4 is 10.1 Å². The van der Waals surface area contributed by atoms with E-state index in [-0.39, 0.29) is 17.3 Å². The number of aryl methyl sites for hydroxylation is 1. The maximum Gasteiger partial charge on any atom is 0.312 e. The number of methoxy groups -OCH3 is 1. The van der Waals surface area contributed by atoms with E-state index in [0.29, 0.717) is 16.9 Å². The number of pyridine rings is 1. The van der Waals surface area contributed by atoms with E-state index in [4.69, 9.17) is 4.74 Å². The lowest BCUT2D eigenvalue weighted by atomic mass is 10.2. The van der Waals surface area contributed by atoms with E-state index in [0.717, 1.165) is 0 Å². The quantitative estimate of drug-likeness (QED) is 0.688. The molecule has 0 atom stereocenters. The van der Waals surface area contributed by atoms with Crippen molar-refractivity contribution in [2.45, 2.75) is 6.92 Å². The molecule has 0 saturated heterocycles. The summed E-state index contributed by atoms with van der Waals surface area (Å²) in [5, 5.41) is 13.6. The Morgan fingerprint density at radius 2 is 2.14 bits per heavy atom. The number of nitro groups is 1. The van der Waals surface area contributed by atoms with Gasteiger partial charge < -0.3 is 10.1 Å². The second kappa shape index (κ2) is 6.00. The van der Waals surface area contributed by atoms with Crippen LogP contribution in [0.2, 0.25) is 0 Å². The molecular formula is C14H13N3O4. The first-order valence-electron chi connectivity index (χ1n) is 6.08. The first kappa shape index (κ1) is 14.4. The molecule has 0 unspecified atom stereocenters. The fourth-order valence-electron chi connectivity index (χ4n) is 1.83. The zero-order valence-corrected chi connectivity index (χ0v) is 11.5. The summed E-state index contributed by atoms with van der Waals surface area (Å²) < 4.78 is 4.91. The molecule has 2 rings (SSSR count). The van der Waals surface area contributed by atoms with Crippen LogP contribution in [-0.4, -0.2) is 22.9 Å². The highest BCUT2D eigenvalue weighted by molar-refractivity contribution is 6.05. The minimum absolute atomic E-state index is 0.135. The van der Waals surface area contributed by atoms with E-state index in [1.54, 1.807) is 25.3 Å². The highest BCUT2D eigenvalue weighted by Gasteiger charge is 2.17. The van der Waals surface area contributed by atoms with Gasteiger partial charge in [0, 0.05) is 23.6 Å². The molecule has 108 valence electrons. The molecule has 1 N–H and O–H groups in total. The smallest absolute Gasteiger partial charge is 0.312 e. The van der Waals surface area contributed by atoms with Gasteiger partial charge in [0.15, 0.2) is 5.75 Å². The lowest BCUT2D eigenvalue weighted by Crippen LogP contribution is -2.14. The van der Waals surface area contributed by atoms with Gasteiger partial charge in [0.1, 0.15) is 0 Å². The van der Waals surface area contributed by atoms with Gasteiger partial charge in [0.25, 0.3) is 5.91 Å². The number of aromatic nitrogens is 1. The number of carbonyl (C=O) groups excluding carboxylic acids is 1. The van der Waals surface area contributed by atoms with Crippen molar-refractivity contribution in [1.29, 1.82) is 0 Å². The predicted octanol–water partition coefficient (Wildman–Crippen LogP) is 2.56. The lowest BCUT2D eigenvalue weighted by molar-refractivity contribution is -0.385. The number of hydrogen-bond acceptors (Lipinski definition) is 5. The molecule has 0 spiro atoms. The summed E-state index contributed by atoms with van der Waals surface area (Å²) >= 11 is 0. The van der Waals surface area contributed by atoms with E-state index in [9.17, 15) is 14.9 Å². The third-order valence-corrected chi connectivity index (χ3v) is 2.88. The largest absolute Gasteiger partial charge is 0.490 e. The van der Waals surface area contributed by atoms with Crippen LogP contribution in [0.4, 0.5) is 11.4 Å². The average Bonchev–Trinajstić information content (AvgIpc) is 2.47. The topological polar surface area (TPSA) is 94.4 Å². The second-order valence-corrected chi connectivity index (χ2v) is 4.23. The fourth-order valence-corrected chi connectivity index (χ4v) is 1.83. The normalized spacial score (nSPS) is 10.0. The Labute approximate surface area is 120 Å². The van der Waals surface area contributed by atoms with E-state index in [1.165, 1.54) is 25.3 Å². The zero-order chi connectivity index (χ0) is 15.4. The minimum atomic E-state index is -0.566. The molecule has 1 aromatic heterocycles. The van der Waals surface area contributed by atoms with Crippen molar-refractivity contribution in [1.82, 2.24) is 4.98 Å². The summed E-state index contributed by atoms with van der Waals surface area (Å²) in [5.41, 5.74) is 1.10. The van der Waals surface area contributed by atoms with Crippen molar-refractivity contribution in [3.63, 3.8) is 0 Å². The molecule has 1 heterocycles. The minimum Gasteiger partial charge on any atom is -0.490 e. The highest BCUT2D eigenvalue weighted by atomic mass is 16.6. The van der Waals surface area contributed by atoms with E-state index in [2.05, 4.69) is 10.3 Å². The molecule has 1 aromatic carbocycles. The summed E-state index contributed by atoms with van der Waals surface area (Å²) in [6.07, 6.45) is 1.59. The number of nitrogens with zero attached hydrogens (tertiary/aromatic N) is 2. The van der Waals surface area contributed by atoms with Gasteiger partial charge in [0.05, 0.1) is 17.6 Å². The van der Waals surface area contributed by atoms with Gasteiger partial charge >= 0.3 is 5.69 Å². The summed E-state index contributed by atoms with van der Waals surface area (Å²) in [6, 6.07) is 7.51. The number of nitro benzene ring substituents is 1. The third kappa shape index (κ3) is 3.14. The summed E-state index contributed by atoms with van der Waals surface area (Å²) in [7, 11) is 1.35. The third-order valence-electron chi connectivity index (χ3n) is 2.88. The zero-order valence-electron chi connectivity index (χ0n) is 11.5. The van der Waals surface area contributed by atoms with Crippen LogP contribution in [0.1, 0.15) is 16.1 Å². The lowest BCUT2D eigenvalue weighted by Gasteiger charge is -2.08. The number of carbonyl (C=O) groups is 1. The Hall–Kier alpha value is -2.96. The number of nitrogens with one attached hydrogen (secondary N) is 1. The van der Waals surface area contributed by atoms with Crippen molar-refractivity contribution >= 4 is 17.3 Å². The number of benzene rings is 1. The Bertz CT molecular complexity index is 700. The van der Waals surface area contributed by atoms with E-state index < -0.39 is 4.92 Å². The van der Waals surface area contributed by atoms with Crippen LogP contribution in [0.3, 0.4) is 0 Å². The molecule has 0 fully saturated rings. The van der Waals surface area contributed by atoms with Crippen molar-refractivity contribution in [2.75, 3.05) is 12.4 Å². The molecular weight excluding hydrogens is 274 g/mol. The second-order valence-electron chi connectivity index (χ2n) is 4.23. The van der Waals surface area contributed by atoms with Crippen LogP contribution in [0, 0.1) is 17.0 Å². The van der Waals surface area contributed by atoms with Crippen molar-refractivity contribution < 1.29 is 14.5 Å². The summed E-state index contributed by atoms with van der Waals surface area (Å²) in [4.78, 5) is 26.5. The average molecular weight is 287 g/mol. The maximum atomic E-state index is 12.1. The predicted molar refractivity (Wildman–Crippen MR) is 76.6 cm³/mol. The van der Waals surface area contributed by atoms with Crippen molar-refractivity contribution in [3.05, 3.63) is 57.9 Å². The van der Waals surface area contributed by atoms with Crippen LogP contribution in [0.15, 0.2) is 36.5 Å². The molecule has 1 amide bonds. The van der Waals surface area contributed by atoms with Crippen LogP contribution >= 0.6 is 0 Å². The van der Waals surface area contributed by atoms with Gasteiger partial charge in [-0.05, 0) is 31.2 Å².